The summed E-state index contributed by atoms with van der Waals surface area (Å²) in [6.07, 6.45) is 0. The maximum absolute atomic E-state index is 10.2. The molecule has 0 spiro atoms. The summed E-state index contributed by atoms with van der Waals surface area (Å²) in [6, 6.07) is 20.6. The molecule has 1 heterocycles. The molecule has 0 unspecified atom stereocenters. The van der Waals surface area contributed by atoms with Crippen LogP contribution in [-0.2, 0) is 31.2 Å². The van der Waals surface area contributed by atoms with Gasteiger partial charge in [-0.2, -0.15) is 0 Å². The first-order chi connectivity index (χ1) is 13.3. The molecule has 4 aromatic rings. The average molecular weight is 356 g/mol. The number of aliphatic hydroxyl groups is 2. The van der Waals surface area contributed by atoms with Crippen molar-refractivity contribution >= 4 is 21.5 Å². The maximum atomic E-state index is 10.2. The van der Waals surface area contributed by atoms with Crippen molar-refractivity contribution < 1.29 is 14.9 Å². The predicted octanol–water partition coefficient (Wildman–Crippen LogP) is 4.67. The molecule has 1 aliphatic rings. The molecule has 2 N–H and O–H groups in total. The molecule has 4 aromatic carbocycles. The molecule has 0 saturated carbocycles. The number of benzene rings is 4. The number of rotatable bonds is 3. The third kappa shape index (κ3) is 2.47. The fraction of sp³-hybridized carbons (Fsp3) is 0.167. The molecule has 0 aliphatic carbocycles. The third-order valence-corrected chi connectivity index (χ3v) is 5.60. The molecule has 3 nitrogen and oxygen atoms in total. The normalized spacial score (nSPS) is 13.4. The Hall–Kier alpha value is -2.72. The van der Waals surface area contributed by atoms with Crippen LogP contribution < -0.4 is 0 Å². The molecule has 0 aromatic heterocycles. The Morgan fingerprint density at radius 2 is 1.44 bits per heavy atom. The van der Waals surface area contributed by atoms with E-state index in [4.69, 9.17) is 4.74 Å². The largest absolute Gasteiger partial charge is 0.392 e. The van der Waals surface area contributed by atoms with Crippen LogP contribution in [0.25, 0.3) is 32.7 Å². The minimum absolute atomic E-state index is 0.0500. The SMILES string of the molecule is OCc1cccc2ccc(-c3ccc4cccc5c4c3COC5)c(CO)c12. The number of aliphatic hydroxyl groups excluding tert-OH is 2. The fourth-order valence-corrected chi connectivity index (χ4v) is 4.40. The van der Waals surface area contributed by atoms with Crippen LogP contribution in [0.15, 0.2) is 60.7 Å². The summed E-state index contributed by atoms with van der Waals surface area (Å²) in [6.45, 7) is 1.07. The summed E-state index contributed by atoms with van der Waals surface area (Å²) < 4.78 is 5.85. The quantitative estimate of drug-likeness (QED) is 0.561. The Balaban J connectivity index is 1.86. The van der Waals surface area contributed by atoms with Crippen LogP contribution in [0.3, 0.4) is 0 Å². The van der Waals surface area contributed by atoms with E-state index < -0.39 is 0 Å². The zero-order valence-electron chi connectivity index (χ0n) is 14.9. The number of hydrogen-bond donors (Lipinski definition) is 2. The van der Waals surface area contributed by atoms with E-state index in [0.29, 0.717) is 13.2 Å². The van der Waals surface area contributed by atoms with Gasteiger partial charge in [0.15, 0.2) is 0 Å². The van der Waals surface area contributed by atoms with E-state index in [1.807, 2.05) is 18.2 Å². The predicted molar refractivity (Wildman–Crippen MR) is 107 cm³/mol. The van der Waals surface area contributed by atoms with E-state index in [9.17, 15) is 10.2 Å². The van der Waals surface area contributed by atoms with Crippen LogP contribution in [0, 0.1) is 0 Å². The molecular formula is C24H20O3. The second kappa shape index (κ2) is 6.46. The van der Waals surface area contributed by atoms with E-state index in [1.165, 1.54) is 21.9 Å². The first kappa shape index (κ1) is 16.5. The molecule has 0 bridgehead atoms. The molecule has 0 atom stereocenters. The Morgan fingerprint density at radius 3 is 2.22 bits per heavy atom. The van der Waals surface area contributed by atoms with E-state index in [2.05, 4.69) is 42.5 Å². The summed E-state index contributed by atoms with van der Waals surface area (Å²) in [5.74, 6) is 0. The van der Waals surface area contributed by atoms with Gasteiger partial charge in [0, 0.05) is 0 Å². The molecule has 0 amide bonds. The van der Waals surface area contributed by atoms with Crippen molar-refractivity contribution in [1.82, 2.24) is 0 Å². The van der Waals surface area contributed by atoms with Crippen LogP contribution in [0.2, 0.25) is 0 Å². The Labute approximate surface area is 157 Å². The van der Waals surface area contributed by atoms with Gasteiger partial charge in [0.1, 0.15) is 0 Å². The van der Waals surface area contributed by atoms with Crippen molar-refractivity contribution in [2.45, 2.75) is 26.4 Å². The molecular weight excluding hydrogens is 336 g/mol. The van der Waals surface area contributed by atoms with Crippen molar-refractivity contribution in [1.29, 1.82) is 0 Å². The van der Waals surface area contributed by atoms with Gasteiger partial charge >= 0.3 is 0 Å². The number of ether oxygens (including phenoxy) is 1. The molecule has 3 heteroatoms. The van der Waals surface area contributed by atoms with Crippen molar-refractivity contribution in [2.24, 2.45) is 0 Å². The standard InChI is InChI=1S/C24H20O3/c25-11-17-5-1-3-15-7-9-19(21(12-26)23(15)17)20-10-8-16-4-2-6-18-13-27-14-22(20)24(16)18/h1-10,25-26H,11-14H2. The van der Waals surface area contributed by atoms with Crippen molar-refractivity contribution in [3.05, 3.63) is 82.9 Å². The van der Waals surface area contributed by atoms with Crippen LogP contribution in [0.5, 0.6) is 0 Å². The van der Waals surface area contributed by atoms with E-state index in [-0.39, 0.29) is 13.2 Å². The first-order valence-electron chi connectivity index (χ1n) is 9.18. The molecule has 0 radical (unpaired) electrons. The van der Waals surface area contributed by atoms with Gasteiger partial charge < -0.3 is 14.9 Å². The highest BCUT2D eigenvalue weighted by molar-refractivity contribution is 5.99. The zero-order chi connectivity index (χ0) is 18.4. The third-order valence-electron chi connectivity index (χ3n) is 5.60. The van der Waals surface area contributed by atoms with Gasteiger partial charge in [0.25, 0.3) is 0 Å². The molecule has 5 rings (SSSR count). The number of fused-ring (bicyclic) bond motifs is 1. The van der Waals surface area contributed by atoms with E-state index in [1.54, 1.807) is 0 Å². The highest BCUT2D eigenvalue weighted by Gasteiger charge is 2.20. The lowest BCUT2D eigenvalue weighted by Crippen LogP contribution is -2.06. The monoisotopic (exact) mass is 356 g/mol. The van der Waals surface area contributed by atoms with Gasteiger partial charge in [-0.25, -0.2) is 0 Å². The van der Waals surface area contributed by atoms with Crippen molar-refractivity contribution in [3.8, 4) is 11.1 Å². The molecule has 27 heavy (non-hydrogen) atoms. The maximum Gasteiger partial charge on any atom is 0.0733 e. The highest BCUT2D eigenvalue weighted by atomic mass is 16.5. The summed E-state index contributed by atoms with van der Waals surface area (Å²) in [5.41, 5.74) is 6.17. The van der Waals surface area contributed by atoms with E-state index >= 15 is 0 Å². The summed E-state index contributed by atoms with van der Waals surface area (Å²) in [7, 11) is 0. The van der Waals surface area contributed by atoms with Gasteiger partial charge in [0.05, 0.1) is 26.4 Å². The second-order valence-corrected chi connectivity index (χ2v) is 7.02. The minimum atomic E-state index is -0.0797. The van der Waals surface area contributed by atoms with Crippen LogP contribution in [-0.4, -0.2) is 10.2 Å². The molecule has 134 valence electrons. The van der Waals surface area contributed by atoms with Gasteiger partial charge in [-0.15, -0.1) is 0 Å². The van der Waals surface area contributed by atoms with Gasteiger partial charge in [-0.3, -0.25) is 0 Å². The summed E-state index contributed by atoms with van der Waals surface area (Å²) in [4.78, 5) is 0. The van der Waals surface area contributed by atoms with Crippen molar-refractivity contribution in [2.75, 3.05) is 0 Å². The average Bonchev–Trinajstić information content (AvgIpc) is 2.73. The highest BCUT2D eigenvalue weighted by Crippen LogP contribution is 2.39. The Morgan fingerprint density at radius 1 is 0.704 bits per heavy atom. The summed E-state index contributed by atoms with van der Waals surface area (Å²) >= 11 is 0. The Kier molecular flexibility index (Phi) is 3.94. The van der Waals surface area contributed by atoms with Crippen LogP contribution in [0.4, 0.5) is 0 Å². The lowest BCUT2D eigenvalue weighted by atomic mass is 9.87. The smallest absolute Gasteiger partial charge is 0.0733 e. The van der Waals surface area contributed by atoms with Gasteiger partial charge in [0.2, 0.25) is 0 Å². The summed E-state index contributed by atoms with van der Waals surface area (Å²) in [5, 5.41) is 24.5. The topological polar surface area (TPSA) is 49.7 Å². The Bertz CT molecular complexity index is 1180. The van der Waals surface area contributed by atoms with Gasteiger partial charge in [-0.1, -0.05) is 60.7 Å². The zero-order valence-corrected chi connectivity index (χ0v) is 14.9. The fourth-order valence-electron chi connectivity index (χ4n) is 4.40. The van der Waals surface area contributed by atoms with Gasteiger partial charge in [-0.05, 0) is 54.9 Å². The number of hydrogen-bond acceptors (Lipinski definition) is 3. The lowest BCUT2D eigenvalue weighted by Gasteiger charge is -2.23. The second-order valence-electron chi connectivity index (χ2n) is 7.02. The van der Waals surface area contributed by atoms with Crippen molar-refractivity contribution in [3.63, 3.8) is 0 Å². The van der Waals surface area contributed by atoms with Crippen LogP contribution >= 0.6 is 0 Å². The van der Waals surface area contributed by atoms with Crippen LogP contribution in [0.1, 0.15) is 22.3 Å². The first-order valence-corrected chi connectivity index (χ1v) is 9.18. The lowest BCUT2D eigenvalue weighted by molar-refractivity contribution is 0.103. The molecule has 0 fully saturated rings. The molecule has 1 aliphatic heterocycles. The van der Waals surface area contributed by atoms with E-state index in [0.717, 1.165) is 33.0 Å². The minimum Gasteiger partial charge on any atom is -0.392 e. The molecule has 0 saturated heterocycles.